The Morgan fingerprint density at radius 1 is 1.10 bits per heavy atom. The maximum Gasteiger partial charge on any atom is 0.257 e. The maximum atomic E-state index is 12.7. The van der Waals surface area contributed by atoms with Gasteiger partial charge < -0.3 is 15.0 Å². The van der Waals surface area contributed by atoms with Gasteiger partial charge in [0.05, 0.1) is 24.2 Å². The number of nitrogens with zero attached hydrogens (tertiary/aromatic N) is 4. The van der Waals surface area contributed by atoms with Crippen molar-refractivity contribution >= 4 is 10.9 Å². The lowest BCUT2D eigenvalue weighted by Gasteiger charge is -2.19. The van der Waals surface area contributed by atoms with Crippen LogP contribution >= 0.6 is 0 Å². The van der Waals surface area contributed by atoms with Crippen molar-refractivity contribution in [3.05, 3.63) is 87.5 Å². The summed E-state index contributed by atoms with van der Waals surface area (Å²) in [6, 6.07) is 18.0. The molecule has 2 aromatic carbocycles. The molecule has 4 aromatic rings. The Labute approximate surface area is 180 Å². The predicted molar refractivity (Wildman–Crippen MR) is 118 cm³/mol. The molecule has 0 bridgehead atoms. The molecule has 1 unspecified atom stereocenters. The highest BCUT2D eigenvalue weighted by Crippen LogP contribution is 2.14. The maximum absolute atomic E-state index is 12.7. The summed E-state index contributed by atoms with van der Waals surface area (Å²) in [6.07, 6.45) is 0.639. The van der Waals surface area contributed by atoms with Crippen molar-refractivity contribution in [2.24, 2.45) is 0 Å². The molecule has 2 heterocycles. The molecule has 0 spiro atoms. The van der Waals surface area contributed by atoms with E-state index in [0.29, 0.717) is 38.2 Å². The summed E-state index contributed by atoms with van der Waals surface area (Å²) in [4.78, 5) is 16.9. The van der Waals surface area contributed by atoms with Gasteiger partial charge in [-0.1, -0.05) is 48.5 Å². The number of aliphatic hydroxyl groups excluding tert-OH is 1. The van der Waals surface area contributed by atoms with Crippen molar-refractivity contribution in [1.29, 1.82) is 0 Å². The van der Waals surface area contributed by atoms with Crippen LogP contribution < -0.4 is 10.5 Å². The van der Waals surface area contributed by atoms with E-state index in [1.807, 2.05) is 61.5 Å². The summed E-state index contributed by atoms with van der Waals surface area (Å²) in [5, 5.41) is 22.6. The number of tetrazole rings is 1. The van der Waals surface area contributed by atoms with Gasteiger partial charge in [-0.3, -0.25) is 4.79 Å². The number of nitrogens with one attached hydrogen (secondary N) is 2. The fourth-order valence-corrected chi connectivity index (χ4v) is 3.85. The molecule has 1 atom stereocenters. The van der Waals surface area contributed by atoms with E-state index in [1.54, 1.807) is 4.68 Å². The Balaban J connectivity index is 1.57. The Morgan fingerprint density at radius 2 is 1.94 bits per heavy atom. The molecule has 0 saturated carbocycles. The van der Waals surface area contributed by atoms with Gasteiger partial charge in [-0.15, -0.1) is 5.10 Å². The predicted octanol–water partition coefficient (Wildman–Crippen LogP) is 0.839. The van der Waals surface area contributed by atoms with Crippen LogP contribution in [0.15, 0.2) is 59.4 Å². The van der Waals surface area contributed by atoms with E-state index in [4.69, 9.17) is 0 Å². The topological polar surface area (TPSA) is 101 Å². The second-order valence-electron chi connectivity index (χ2n) is 7.83. The Hall–Kier alpha value is -3.36. The summed E-state index contributed by atoms with van der Waals surface area (Å²) in [5.41, 5.74) is 3.68. The van der Waals surface area contributed by atoms with Gasteiger partial charge >= 0.3 is 0 Å². The highest BCUT2D eigenvalue weighted by molar-refractivity contribution is 5.81. The van der Waals surface area contributed by atoms with Crippen LogP contribution in [0.25, 0.3) is 10.9 Å². The molecular formula is C23H27N6O2+. The largest absolute Gasteiger partial charge is 0.396 e. The number of para-hydroxylation sites is 1. The van der Waals surface area contributed by atoms with Gasteiger partial charge in [0.25, 0.3) is 5.56 Å². The molecule has 0 aliphatic rings. The molecule has 4 rings (SSSR count). The van der Waals surface area contributed by atoms with Crippen molar-refractivity contribution in [3.8, 4) is 0 Å². The van der Waals surface area contributed by atoms with E-state index in [1.165, 1.54) is 0 Å². The van der Waals surface area contributed by atoms with Gasteiger partial charge in [-0.2, -0.15) is 0 Å². The van der Waals surface area contributed by atoms with Crippen LogP contribution in [0, 0.1) is 6.92 Å². The molecule has 8 heteroatoms. The lowest BCUT2D eigenvalue weighted by atomic mass is 10.1. The number of aromatic nitrogens is 5. The molecule has 3 N–H and O–H groups in total. The average molecular weight is 420 g/mol. The fourth-order valence-electron chi connectivity index (χ4n) is 3.85. The molecule has 0 amide bonds. The number of hydrogen-bond acceptors (Lipinski definition) is 5. The van der Waals surface area contributed by atoms with Crippen LogP contribution in [-0.4, -0.2) is 43.4 Å². The zero-order chi connectivity index (χ0) is 21.6. The SMILES string of the molecule is Cc1cccc2cc(C[NH+](CCCO)Cc3nnnn3Cc3ccccc3)c(=O)[nH]c12. The van der Waals surface area contributed by atoms with Crippen LogP contribution in [0.4, 0.5) is 0 Å². The van der Waals surface area contributed by atoms with E-state index >= 15 is 0 Å². The Kier molecular flexibility index (Phi) is 6.49. The summed E-state index contributed by atoms with van der Waals surface area (Å²) in [6.45, 7) is 4.48. The minimum Gasteiger partial charge on any atom is -0.396 e. The number of rotatable bonds is 9. The number of aliphatic hydroxyl groups is 1. The fraction of sp³-hybridized carbons (Fsp3) is 0.304. The number of fused-ring (bicyclic) bond motifs is 1. The molecule has 0 radical (unpaired) electrons. The molecule has 160 valence electrons. The highest BCUT2D eigenvalue weighted by atomic mass is 16.3. The quantitative estimate of drug-likeness (QED) is 0.373. The second kappa shape index (κ2) is 9.63. The first-order chi connectivity index (χ1) is 15.1. The van der Waals surface area contributed by atoms with Crippen LogP contribution in [0.2, 0.25) is 0 Å². The van der Waals surface area contributed by atoms with Crippen LogP contribution in [0.5, 0.6) is 0 Å². The summed E-state index contributed by atoms with van der Waals surface area (Å²) < 4.78 is 1.79. The number of H-pyrrole nitrogens is 1. The third-order valence-corrected chi connectivity index (χ3v) is 5.48. The molecule has 2 aromatic heterocycles. The molecule has 31 heavy (non-hydrogen) atoms. The average Bonchev–Trinajstić information content (AvgIpc) is 3.20. The van der Waals surface area contributed by atoms with Gasteiger partial charge in [-0.05, 0) is 39.9 Å². The number of benzene rings is 2. The van der Waals surface area contributed by atoms with Crippen LogP contribution in [0.1, 0.15) is 28.9 Å². The molecule has 0 fully saturated rings. The summed E-state index contributed by atoms with van der Waals surface area (Å²) in [7, 11) is 0. The Morgan fingerprint density at radius 3 is 2.74 bits per heavy atom. The summed E-state index contributed by atoms with van der Waals surface area (Å²) in [5.74, 6) is 0.754. The van der Waals surface area contributed by atoms with Crippen molar-refractivity contribution in [1.82, 2.24) is 25.2 Å². The van der Waals surface area contributed by atoms with Crippen LogP contribution in [-0.2, 0) is 19.6 Å². The third kappa shape index (κ3) is 5.04. The van der Waals surface area contributed by atoms with Crippen LogP contribution in [0.3, 0.4) is 0 Å². The van der Waals surface area contributed by atoms with Gasteiger partial charge in [0, 0.05) is 13.0 Å². The number of pyridine rings is 1. The highest BCUT2D eigenvalue weighted by Gasteiger charge is 2.18. The van der Waals surface area contributed by atoms with Gasteiger partial charge in [0.2, 0.25) is 5.82 Å². The van der Waals surface area contributed by atoms with Crippen molar-refractivity contribution < 1.29 is 10.0 Å². The molecular weight excluding hydrogens is 392 g/mol. The lowest BCUT2D eigenvalue weighted by Crippen LogP contribution is -3.09. The molecule has 8 nitrogen and oxygen atoms in total. The number of quaternary nitrogens is 1. The first-order valence-corrected chi connectivity index (χ1v) is 10.5. The van der Waals surface area contributed by atoms with Gasteiger partial charge in [0.1, 0.15) is 13.1 Å². The number of aromatic amines is 1. The molecule has 0 aliphatic heterocycles. The minimum absolute atomic E-state index is 0.0767. The number of aryl methyl sites for hydroxylation is 1. The van der Waals surface area contributed by atoms with Crippen molar-refractivity contribution in [3.63, 3.8) is 0 Å². The smallest absolute Gasteiger partial charge is 0.257 e. The monoisotopic (exact) mass is 419 g/mol. The van der Waals surface area contributed by atoms with Gasteiger partial charge in [0.15, 0.2) is 0 Å². The van der Waals surface area contributed by atoms with E-state index in [9.17, 15) is 9.90 Å². The molecule has 0 saturated heterocycles. The first-order valence-electron chi connectivity index (χ1n) is 10.5. The third-order valence-electron chi connectivity index (χ3n) is 5.48. The van der Waals surface area contributed by atoms with E-state index in [-0.39, 0.29) is 12.2 Å². The summed E-state index contributed by atoms with van der Waals surface area (Å²) >= 11 is 0. The van der Waals surface area contributed by atoms with E-state index in [2.05, 4.69) is 20.5 Å². The lowest BCUT2D eigenvalue weighted by molar-refractivity contribution is -0.928. The Bertz CT molecular complexity index is 1200. The van der Waals surface area contributed by atoms with E-state index in [0.717, 1.165) is 32.8 Å². The standard InChI is InChI=1S/C23H26N6O2/c1-17-7-5-10-19-13-20(23(31)24-22(17)19)15-28(11-6-12-30)16-21-25-26-27-29(21)14-18-8-3-2-4-9-18/h2-5,7-10,13,30H,6,11-12,14-16H2,1H3,(H,24,31)/p+1. The second-order valence-corrected chi connectivity index (χ2v) is 7.83. The van der Waals surface area contributed by atoms with Crippen molar-refractivity contribution in [2.75, 3.05) is 13.2 Å². The number of hydrogen-bond donors (Lipinski definition) is 3. The van der Waals surface area contributed by atoms with Gasteiger partial charge in [-0.25, -0.2) is 4.68 Å². The molecule has 0 aliphatic carbocycles. The zero-order valence-electron chi connectivity index (χ0n) is 17.6. The minimum atomic E-state index is -0.0767. The normalized spacial score (nSPS) is 12.3. The zero-order valence-corrected chi connectivity index (χ0v) is 17.6. The van der Waals surface area contributed by atoms with E-state index < -0.39 is 0 Å². The van der Waals surface area contributed by atoms with Crippen molar-refractivity contribution in [2.45, 2.75) is 33.0 Å². The first kappa shape index (κ1) is 20.9.